The lowest BCUT2D eigenvalue weighted by Crippen LogP contribution is -2.35. The maximum absolute atomic E-state index is 13.2. The number of nitrogens with zero attached hydrogens (tertiary/aromatic N) is 1. The fourth-order valence-corrected chi connectivity index (χ4v) is 5.13. The van der Waals surface area contributed by atoms with Crippen molar-refractivity contribution in [3.05, 3.63) is 58.0 Å². The van der Waals surface area contributed by atoms with Crippen molar-refractivity contribution in [2.75, 3.05) is 13.7 Å². The zero-order valence-electron chi connectivity index (χ0n) is 15.2. The van der Waals surface area contributed by atoms with Gasteiger partial charge in [-0.2, -0.15) is 0 Å². The number of thiophene rings is 1. The summed E-state index contributed by atoms with van der Waals surface area (Å²) in [5.74, 6) is -0.280. The van der Waals surface area contributed by atoms with Crippen molar-refractivity contribution in [3.8, 4) is 0 Å². The number of carbonyl (C=O) groups is 2. The molecule has 1 aliphatic heterocycles. The van der Waals surface area contributed by atoms with E-state index < -0.39 is 5.41 Å². The Labute approximate surface area is 162 Å². The number of fused-ring (bicyclic) bond motifs is 1. The van der Waals surface area contributed by atoms with Crippen LogP contribution in [0.25, 0.3) is 0 Å². The minimum atomic E-state index is -0.485. The molecule has 1 N–H and O–H groups in total. The van der Waals surface area contributed by atoms with Gasteiger partial charge in [-0.25, -0.2) is 4.99 Å². The van der Waals surface area contributed by atoms with Crippen LogP contribution in [-0.2, 0) is 19.7 Å². The van der Waals surface area contributed by atoms with Gasteiger partial charge in [0.05, 0.1) is 17.7 Å². The zero-order valence-corrected chi connectivity index (χ0v) is 16.1. The average molecular weight is 382 g/mol. The molecule has 3 aliphatic rings. The second kappa shape index (κ2) is 7.37. The highest BCUT2D eigenvalue weighted by Gasteiger charge is 2.43. The summed E-state index contributed by atoms with van der Waals surface area (Å²) in [6.07, 6.45) is 11.0. The van der Waals surface area contributed by atoms with Crippen LogP contribution in [0.3, 0.4) is 0 Å². The number of allylic oxidation sites excluding steroid dienone is 3. The van der Waals surface area contributed by atoms with E-state index in [0.717, 1.165) is 41.8 Å². The van der Waals surface area contributed by atoms with Crippen molar-refractivity contribution in [3.63, 3.8) is 0 Å². The quantitative estimate of drug-likeness (QED) is 0.869. The topological polar surface area (TPSA) is 67.8 Å². The lowest BCUT2D eigenvalue weighted by atomic mass is 9.83. The molecule has 0 aromatic carbocycles. The second-order valence-corrected chi connectivity index (χ2v) is 8.13. The van der Waals surface area contributed by atoms with Crippen LogP contribution in [0, 0.1) is 5.92 Å². The van der Waals surface area contributed by atoms with Crippen molar-refractivity contribution >= 4 is 28.9 Å². The van der Waals surface area contributed by atoms with E-state index in [0.29, 0.717) is 12.3 Å². The normalized spacial score (nSPS) is 25.0. The first-order chi connectivity index (χ1) is 13.1. The third-order valence-corrected chi connectivity index (χ3v) is 6.56. The number of amides is 2. The van der Waals surface area contributed by atoms with Crippen LogP contribution in [0.2, 0.25) is 0 Å². The summed E-state index contributed by atoms with van der Waals surface area (Å²) in [4.78, 5) is 30.7. The first-order valence-corrected chi connectivity index (χ1v) is 10.1. The summed E-state index contributed by atoms with van der Waals surface area (Å²) < 4.78 is 5.20. The predicted octanol–water partition coefficient (Wildman–Crippen LogP) is 3.30. The van der Waals surface area contributed by atoms with Crippen LogP contribution in [-0.4, -0.2) is 31.2 Å². The van der Waals surface area contributed by atoms with E-state index in [1.165, 1.54) is 0 Å². The smallest absolute Gasteiger partial charge is 0.257 e. The number of rotatable bonds is 4. The maximum atomic E-state index is 13.2. The maximum Gasteiger partial charge on any atom is 0.257 e. The highest BCUT2D eigenvalue weighted by Crippen LogP contribution is 2.44. The molecule has 1 aromatic rings. The van der Waals surface area contributed by atoms with Gasteiger partial charge in [0.25, 0.3) is 5.91 Å². The van der Waals surface area contributed by atoms with Crippen LogP contribution < -0.4 is 5.32 Å². The molecule has 5 nitrogen and oxygen atoms in total. The van der Waals surface area contributed by atoms with E-state index in [2.05, 4.69) is 10.3 Å². The van der Waals surface area contributed by atoms with Gasteiger partial charge < -0.3 is 10.1 Å². The molecule has 0 saturated heterocycles. The third kappa shape index (κ3) is 3.35. The minimum absolute atomic E-state index is 0.0329. The molecule has 0 radical (unpaired) electrons. The number of carbonyl (C=O) groups excluding carboxylic acids is 2. The van der Waals surface area contributed by atoms with E-state index in [4.69, 9.17) is 4.74 Å². The number of ether oxygens (including phenoxy) is 1. The SMILES string of the molecule is COCC1=CC(=O)NC2=CC(=NC(=O)C3(c4cccs4)CCCC3)C=CC12. The molecule has 1 fully saturated rings. The Kier molecular flexibility index (Phi) is 4.93. The summed E-state index contributed by atoms with van der Waals surface area (Å²) >= 11 is 1.63. The molecular formula is C21H22N2O3S. The summed E-state index contributed by atoms with van der Waals surface area (Å²) in [7, 11) is 1.61. The fraction of sp³-hybridized carbons (Fsp3) is 0.381. The fourth-order valence-electron chi connectivity index (χ4n) is 4.16. The third-order valence-electron chi connectivity index (χ3n) is 5.48. The number of methoxy groups -OCH3 is 1. The Morgan fingerprint density at radius 1 is 1.37 bits per heavy atom. The summed E-state index contributed by atoms with van der Waals surface area (Å²) in [6, 6.07) is 4.04. The molecule has 1 atom stereocenters. The van der Waals surface area contributed by atoms with Gasteiger partial charge in [0.15, 0.2) is 0 Å². The van der Waals surface area contributed by atoms with Gasteiger partial charge in [-0.05, 0) is 42.0 Å². The van der Waals surface area contributed by atoms with Gasteiger partial charge in [0.2, 0.25) is 5.91 Å². The van der Waals surface area contributed by atoms with Crippen LogP contribution in [0.4, 0.5) is 0 Å². The molecule has 1 aromatic heterocycles. The van der Waals surface area contributed by atoms with Crippen LogP contribution in [0.1, 0.15) is 30.6 Å². The van der Waals surface area contributed by atoms with Crippen LogP contribution >= 0.6 is 11.3 Å². The monoisotopic (exact) mass is 382 g/mol. The number of aliphatic imine (C=N–C) groups is 1. The van der Waals surface area contributed by atoms with Gasteiger partial charge in [-0.15, -0.1) is 11.3 Å². The molecule has 2 amide bonds. The lowest BCUT2D eigenvalue weighted by Gasteiger charge is -2.28. The molecule has 0 bridgehead atoms. The van der Waals surface area contributed by atoms with Crippen molar-refractivity contribution in [1.82, 2.24) is 5.32 Å². The molecular weight excluding hydrogens is 360 g/mol. The van der Waals surface area contributed by atoms with E-state index in [9.17, 15) is 9.59 Å². The van der Waals surface area contributed by atoms with Crippen molar-refractivity contribution in [1.29, 1.82) is 0 Å². The Bertz CT molecular complexity index is 871. The lowest BCUT2D eigenvalue weighted by molar-refractivity contribution is -0.123. The number of hydrogen-bond donors (Lipinski definition) is 1. The molecule has 1 saturated carbocycles. The Morgan fingerprint density at radius 2 is 2.19 bits per heavy atom. The first kappa shape index (κ1) is 18.1. The highest BCUT2D eigenvalue weighted by molar-refractivity contribution is 7.10. The molecule has 1 unspecified atom stereocenters. The minimum Gasteiger partial charge on any atom is -0.380 e. The molecule has 2 heterocycles. The molecule has 2 aliphatic carbocycles. The van der Waals surface area contributed by atoms with Crippen molar-refractivity contribution in [2.24, 2.45) is 10.9 Å². The van der Waals surface area contributed by atoms with Crippen molar-refractivity contribution < 1.29 is 14.3 Å². The molecule has 4 rings (SSSR count). The van der Waals surface area contributed by atoms with Gasteiger partial charge in [0.1, 0.15) is 0 Å². The van der Waals surface area contributed by atoms with Gasteiger partial charge in [-0.1, -0.05) is 25.0 Å². The largest absolute Gasteiger partial charge is 0.380 e. The number of nitrogens with one attached hydrogen (secondary N) is 1. The highest BCUT2D eigenvalue weighted by atomic mass is 32.1. The molecule has 0 spiro atoms. The van der Waals surface area contributed by atoms with Gasteiger partial charge in [0, 0.05) is 29.7 Å². The van der Waals surface area contributed by atoms with E-state index in [1.807, 2.05) is 29.7 Å². The summed E-state index contributed by atoms with van der Waals surface area (Å²) in [5, 5.41) is 4.88. The summed E-state index contributed by atoms with van der Waals surface area (Å²) in [6.45, 7) is 0.395. The van der Waals surface area contributed by atoms with Crippen LogP contribution in [0.15, 0.2) is 58.1 Å². The molecule has 6 heteroatoms. The Morgan fingerprint density at radius 3 is 2.89 bits per heavy atom. The first-order valence-electron chi connectivity index (χ1n) is 9.20. The molecule has 140 valence electrons. The van der Waals surface area contributed by atoms with E-state index in [-0.39, 0.29) is 17.7 Å². The van der Waals surface area contributed by atoms with Crippen LogP contribution in [0.5, 0.6) is 0 Å². The zero-order chi connectivity index (χ0) is 18.9. The average Bonchev–Trinajstić information content (AvgIpc) is 3.34. The van der Waals surface area contributed by atoms with E-state index >= 15 is 0 Å². The van der Waals surface area contributed by atoms with Gasteiger partial charge in [-0.3, -0.25) is 9.59 Å². The Hall–Kier alpha value is -2.31. The van der Waals surface area contributed by atoms with Crippen molar-refractivity contribution in [2.45, 2.75) is 31.1 Å². The van der Waals surface area contributed by atoms with E-state index in [1.54, 1.807) is 30.6 Å². The standard InChI is InChI=1S/C21H22N2O3S/c1-26-13-14-11-19(24)23-17-12-15(6-7-16(14)17)22-20(25)21(8-2-3-9-21)18-5-4-10-27-18/h4-7,10-12,16H,2-3,8-9,13H2,1H3,(H,23,24). The van der Waals surface area contributed by atoms with Gasteiger partial charge >= 0.3 is 0 Å². The molecule has 27 heavy (non-hydrogen) atoms. The number of hydrogen-bond acceptors (Lipinski definition) is 4. The predicted molar refractivity (Wildman–Crippen MR) is 106 cm³/mol. The Balaban J connectivity index is 1.62. The second-order valence-electron chi connectivity index (χ2n) is 7.19. The summed E-state index contributed by atoms with van der Waals surface area (Å²) in [5.41, 5.74) is 1.76.